The van der Waals surface area contributed by atoms with Gasteiger partial charge in [-0.3, -0.25) is 0 Å². The van der Waals surface area contributed by atoms with Gasteiger partial charge in [-0.1, -0.05) is 30.7 Å². The molecule has 2 fully saturated rings. The number of carbonyl (C=O) groups is 2. The molecule has 1 aromatic rings. The van der Waals surface area contributed by atoms with Gasteiger partial charge in [0, 0.05) is 30.3 Å². The number of carbonyl (C=O) groups excluding carboxylic acids is 2. The SMILES string of the molecule is CCC1OC(=O)c2cccc(CCO)c21.O=C1OCC2=C(CCO)[C](C3CO3)CC=C12. The summed E-state index contributed by atoms with van der Waals surface area (Å²) < 4.78 is 15.6. The molecule has 4 aliphatic rings. The van der Waals surface area contributed by atoms with Crippen molar-refractivity contribution in [1.82, 2.24) is 0 Å². The van der Waals surface area contributed by atoms with Crippen LogP contribution in [0.25, 0.3) is 0 Å². The summed E-state index contributed by atoms with van der Waals surface area (Å²) in [5.41, 5.74) is 5.37. The molecule has 31 heavy (non-hydrogen) atoms. The third-order valence-electron chi connectivity index (χ3n) is 5.99. The van der Waals surface area contributed by atoms with Crippen molar-refractivity contribution in [3.8, 4) is 0 Å². The highest BCUT2D eigenvalue weighted by Crippen LogP contribution is 2.42. The van der Waals surface area contributed by atoms with Gasteiger partial charge in [-0.15, -0.1) is 0 Å². The zero-order valence-corrected chi connectivity index (χ0v) is 17.6. The molecular weight excluding hydrogens is 400 g/mol. The van der Waals surface area contributed by atoms with Crippen LogP contribution in [0.4, 0.5) is 0 Å². The van der Waals surface area contributed by atoms with Gasteiger partial charge in [0.2, 0.25) is 0 Å². The molecule has 3 heterocycles. The van der Waals surface area contributed by atoms with Crippen molar-refractivity contribution in [2.24, 2.45) is 0 Å². The molecule has 1 aromatic carbocycles. The van der Waals surface area contributed by atoms with E-state index in [1.165, 1.54) is 5.92 Å². The zero-order valence-electron chi connectivity index (χ0n) is 17.6. The molecule has 0 aromatic heterocycles. The second-order valence-electron chi connectivity index (χ2n) is 7.83. The van der Waals surface area contributed by atoms with E-state index in [2.05, 4.69) is 0 Å². The Hall–Kier alpha value is -2.48. The fraction of sp³-hybridized carbons (Fsp3) is 0.458. The van der Waals surface area contributed by atoms with E-state index in [9.17, 15) is 9.59 Å². The molecule has 0 bridgehead atoms. The van der Waals surface area contributed by atoms with E-state index in [-0.39, 0.29) is 37.4 Å². The first kappa shape index (κ1) is 21.7. The minimum atomic E-state index is -0.239. The highest BCUT2D eigenvalue weighted by molar-refractivity contribution is 5.97. The van der Waals surface area contributed by atoms with E-state index in [0.29, 0.717) is 30.6 Å². The quantitative estimate of drug-likeness (QED) is 0.530. The lowest BCUT2D eigenvalue weighted by molar-refractivity contribution is -0.135. The maximum absolute atomic E-state index is 11.5. The van der Waals surface area contributed by atoms with Crippen LogP contribution < -0.4 is 0 Å². The van der Waals surface area contributed by atoms with Crippen molar-refractivity contribution in [2.45, 2.75) is 44.8 Å². The number of cyclic esters (lactones) is 2. The monoisotopic (exact) mass is 427 g/mol. The molecule has 2 unspecified atom stereocenters. The second-order valence-corrected chi connectivity index (χ2v) is 7.83. The highest BCUT2D eigenvalue weighted by Gasteiger charge is 2.41. The Bertz CT molecular complexity index is 926. The number of epoxide rings is 1. The third-order valence-corrected chi connectivity index (χ3v) is 5.99. The number of allylic oxidation sites excluding steroid dienone is 1. The summed E-state index contributed by atoms with van der Waals surface area (Å²) in [5, 5.41) is 18.0. The summed E-state index contributed by atoms with van der Waals surface area (Å²) in [6.07, 6.45) is 4.67. The molecule has 7 nitrogen and oxygen atoms in total. The fourth-order valence-corrected chi connectivity index (χ4v) is 4.45. The van der Waals surface area contributed by atoms with Crippen LogP contribution in [0.15, 0.2) is 41.0 Å². The van der Waals surface area contributed by atoms with E-state index in [0.717, 1.165) is 41.7 Å². The molecular formula is C24H27O7. The number of rotatable bonds is 6. The Labute approximate surface area is 181 Å². The van der Waals surface area contributed by atoms with Crippen molar-refractivity contribution in [2.75, 3.05) is 26.4 Å². The number of hydrogen-bond acceptors (Lipinski definition) is 7. The summed E-state index contributed by atoms with van der Waals surface area (Å²) in [4.78, 5) is 22.9. The molecule has 5 rings (SSSR count). The number of aliphatic hydroxyl groups excluding tert-OH is 2. The minimum Gasteiger partial charge on any atom is -0.457 e. The molecule has 1 aliphatic carbocycles. The van der Waals surface area contributed by atoms with Gasteiger partial charge in [-0.05, 0) is 37.3 Å². The molecule has 0 saturated carbocycles. The molecule has 2 N–H and O–H groups in total. The van der Waals surface area contributed by atoms with E-state index in [1.807, 2.05) is 25.1 Å². The fourth-order valence-electron chi connectivity index (χ4n) is 4.45. The Morgan fingerprint density at radius 3 is 2.55 bits per heavy atom. The topological polar surface area (TPSA) is 106 Å². The maximum atomic E-state index is 11.5. The molecule has 1 radical (unpaired) electrons. The van der Waals surface area contributed by atoms with Gasteiger partial charge in [0.1, 0.15) is 12.7 Å². The van der Waals surface area contributed by atoms with Crippen LogP contribution in [0.1, 0.15) is 53.8 Å². The van der Waals surface area contributed by atoms with Gasteiger partial charge < -0.3 is 24.4 Å². The predicted octanol–water partition coefficient (Wildman–Crippen LogP) is 2.37. The zero-order chi connectivity index (χ0) is 22.0. The van der Waals surface area contributed by atoms with E-state index < -0.39 is 0 Å². The largest absolute Gasteiger partial charge is 0.457 e. The number of benzene rings is 1. The number of esters is 2. The molecule has 2 atom stereocenters. The third kappa shape index (κ3) is 4.31. The Balaban J connectivity index is 0.000000150. The molecule has 0 spiro atoms. The Kier molecular flexibility index (Phi) is 6.55. The van der Waals surface area contributed by atoms with Gasteiger partial charge in [0.05, 0.1) is 23.8 Å². The van der Waals surface area contributed by atoms with Crippen LogP contribution in [-0.4, -0.2) is 54.7 Å². The van der Waals surface area contributed by atoms with Crippen LogP contribution in [0.2, 0.25) is 0 Å². The average molecular weight is 427 g/mol. The predicted molar refractivity (Wildman–Crippen MR) is 111 cm³/mol. The lowest BCUT2D eigenvalue weighted by atomic mass is 9.80. The van der Waals surface area contributed by atoms with Crippen molar-refractivity contribution in [1.29, 1.82) is 0 Å². The molecule has 3 aliphatic heterocycles. The van der Waals surface area contributed by atoms with Crippen LogP contribution in [0.5, 0.6) is 0 Å². The standard InChI is InChI=1S/C12H13O4.C12H14O3/c13-4-3-7-8(11-6-15-11)1-2-9-10(7)5-16-12(9)14;1-2-10-11-8(6-7-13)4-3-5-9(11)12(14)15-10/h2,11,13H,1,3-6H2;3-5,10,13H,2,6-7H2,1H3. The number of fused-ring (bicyclic) bond motifs is 2. The highest BCUT2D eigenvalue weighted by atomic mass is 16.6. The van der Waals surface area contributed by atoms with Crippen LogP contribution >= 0.6 is 0 Å². The van der Waals surface area contributed by atoms with Crippen LogP contribution in [0.3, 0.4) is 0 Å². The van der Waals surface area contributed by atoms with Crippen molar-refractivity contribution >= 4 is 11.9 Å². The first-order valence-electron chi connectivity index (χ1n) is 10.7. The summed E-state index contributed by atoms with van der Waals surface area (Å²) in [6.45, 7) is 3.28. The summed E-state index contributed by atoms with van der Waals surface area (Å²) in [5.74, 6) is 0.740. The summed E-state index contributed by atoms with van der Waals surface area (Å²) >= 11 is 0. The smallest absolute Gasteiger partial charge is 0.339 e. The van der Waals surface area contributed by atoms with Gasteiger partial charge in [-0.2, -0.15) is 0 Å². The number of ether oxygens (including phenoxy) is 3. The second kappa shape index (κ2) is 9.34. The first-order valence-corrected chi connectivity index (χ1v) is 10.7. The average Bonchev–Trinajstić information content (AvgIpc) is 3.47. The first-order chi connectivity index (χ1) is 15.1. The molecule has 0 amide bonds. The van der Waals surface area contributed by atoms with Gasteiger partial charge >= 0.3 is 11.9 Å². The van der Waals surface area contributed by atoms with Crippen LogP contribution in [-0.2, 0) is 25.4 Å². The summed E-state index contributed by atoms with van der Waals surface area (Å²) in [6, 6.07) is 5.57. The molecule has 2 saturated heterocycles. The normalized spacial score (nSPS) is 24.0. The van der Waals surface area contributed by atoms with Gasteiger partial charge in [0.15, 0.2) is 0 Å². The van der Waals surface area contributed by atoms with Crippen LogP contribution in [0, 0.1) is 5.92 Å². The Morgan fingerprint density at radius 2 is 1.87 bits per heavy atom. The van der Waals surface area contributed by atoms with Crippen molar-refractivity contribution < 1.29 is 34.0 Å². The van der Waals surface area contributed by atoms with E-state index in [1.54, 1.807) is 6.07 Å². The Morgan fingerprint density at radius 1 is 1.10 bits per heavy atom. The van der Waals surface area contributed by atoms with E-state index in [4.69, 9.17) is 24.4 Å². The van der Waals surface area contributed by atoms with Gasteiger partial charge in [0.25, 0.3) is 0 Å². The minimum absolute atomic E-state index is 0.0938. The van der Waals surface area contributed by atoms with Crippen molar-refractivity contribution in [3.63, 3.8) is 0 Å². The maximum Gasteiger partial charge on any atom is 0.339 e. The molecule has 165 valence electrons. The summed E-state index contributed by atoms with van der Waals surface area (Å²) in [7, 11) is 0. The lowest BCUT2D eigenvalue weighted by Gasteiger charge is -2.22. The number of aliphatic hydroxyl groups is 2. The van der Waals surface area contributed by atoms with Crippen molar-refractivity contribution in [3.05, 3.63) is 63.6 Å². The molecule has 7 heteroatoms. The number of hydrogen-bond donors (Lipinski definition) is 2. The van der Waals surface area contributed by atoms with E-state index >= 15 is 0 Å². The van der Waals surface area contributed by atoms with Gasteiger partial charge in [-0.25, -0.2) is 9.59 Å². The lowest BCUT2D eigenvalue weighted by Crippen LogP contribution is -2.16.